The first-order valence-electron chi connectivity index (χ1n) is 3.00. The van der Waals surface area contributed by atoms with Crippen LogP contribution in [0.25, 0.3) is 0 Å². The molecule has 0 bridgehead atoms. The van der Waals surface area contributed by atoms with Crippen LogP contribution >= 0.6 is 12.4 Å². The molecule has 2 N–H and O–H groups in total. The highest BCUT2D eigenvalue weighted by Crippen LogP contribution is 2.22. The van der Waals surface area contributed by atoms with Gasteiger partial charge in [-0.3, -0.25) is 0 Å². The summed E-state index contributed by atoms with van der Waals surface area (Å²) in [6.07, 6.45) is 3.19. The van der Waals surface area contributed by atoms with Crippen molar-refractivity contribution in [3.63, 3.8) is 0 Å². The Labute approximate surface area is 61.4 Å². The lowest BCUT2D eigenvalue weighted by Crippen LogP contribution is -2.22. The summed E-state index contributed by atoms with van der Waals surface area (Å²) in [6, 6.07) is 2.36. The molecular formula is C6H11ClN2. The summed E-state index contributed by atoms with van der Waals surface area (Å²) in [5, 5.41) is 8.41. The van der Waals surface area contributed by atoms with Gasteiger partial charge in [0.1, 0.15) is 0 Å². The van der Waals surface area contributed by atoms with Crippen molar-refractivity contribution in [3.05, 3.63) is 0 Å². The van der Waals surface area contributed by atoms with E-state index >= 15 is 0 Å². The standard InChI is InChI=1S/C6H10N2.ClH/c7-4-5-2-1-3-6(5)8;/h5-6H,1-3,8H2;1H/t5-,6+;/m0./s1. The second-order valence-electron chi connectivity index (χ2n) is 2.33. The SMILES string of the molecule is Cl.N#C[C@@H]1CCC[C@H]1N. The zero-order chi connectivity index (χ0) is 5.98. The number of nitrogens with two attached hydrogens (primary N) is 1. The number of nitriles is 1. The Hall–Kier alpha value is -0.260. The van der Waals surface area contributed by atoms with E-state index in [2.05, 4.69) is 6.07 Å². The minimum absolute atomic E-state index is 0. The molecule has 0 saturated heterocycles. The third kappa shape index (κ3) is 1.85. The van der Waals surface area contributed by atoms with Gasteiger partial charge in [-0.15, -0.1) is 12.4 Å². The summed E-state index contributed by atoms with van der Waals surface area (Å²) in [7, 11) is 0. The Morgan fingerprint density at radius 1 is 1.44 bits per heavy atom. The predicted octanol–water partition coefficient (Wildman–Crippen LogP) is 1.06. The molecule has 0 aromatic heterocycles. The first-order valence-corrected chi connectivity index (χ1v) is 3.00. The van der Waals surface area contributed by atoms with Crippen LogP contribution in [0.3, 0.4) is 0 Å². The normalized spacial score (nSPS) is 32.9. The topological polar surface area (TPSA) is 49.8 Å². The fourth-order valence-corrected chi connectivity index (χ4v) is 1.15. The minimum Gasteiger partial charge on any atom is -0.327 e. The maximum atomic E-state index is 8.41. The van der Waals surface area contributed by atoms with E-state index in [4.69, 9.17) is 11.0 Å². The van der Waals surface area contributed by atoms with Crippen molar-refractivity contribution < 1.29 is 0 Å². The van der Waals surface area contributed by atoms with Gasteiger partial charge in [0, 0.05) is 6.04 Å². The molecule has 0 amide bonds. The van der Waals surface area contributed by atoms with E-state index in [9.17, 15) is 0 Å². The van der Waals surface area contributed by atoms with Crippen LogP contribution in [0, 0.1) is 17.2 Å². The van der Waals surface area contributed by atoms with E-state index in [1.807, 2.05) is 0 Å². The molecule has 1 aliphatic carbocycles. The van der Waals surface area contributed by atoms with Gasteiger partial charge in [-0.1, -0.05) is 6.42 Å². The van der Waals surface area contributed by atoms with E-state index in [1.165, 1.54) is 0 Å². The van der Waals surface area contributed by atoms with Gasteiger partial charge in [0.2, 0.25) is 0 Å². The van der Waals surface area contributed by atoms with Crippen LogP contribution in [-0.4, -0.2) is 6.04 Å². The van der Waals surface area contributed by atoms with Crippen molar-refractivity contribution in [2.75, 3.05) is 0 Å². The molecule has 3 heteroatoms. The second-order valence-corrected chi connectivity index (χ2v) is 2.33. The largest absolute Gasteiger partial charge is 0.327 e. The zero-order valence-electron chi connectivity index (χ0n) is 5.21. The van der Waals surface area contributed by atoms with Crippen LogP contribution in [0.1, 0.15) is 19.3 Å². The number of rotatable bonds is 0. The van der Waals surface area contributed by atoms with Gasteiger partial charge in [-0.25, -0.2) is 0 Å². The molecule has 0 radical (unpaired) electrons. The first-order chi connectivity index (χ1) is 3.84. The maximum absolute atomic E-state index is 8.41. The van der Waals surface area contributed by atoms with E-state index in [-0.39, 0.29) is 24.4 Å². The van der Waals surface area contributed by atoms with Crippen molar-refractivity contribution >= 4 is 12.4 Å². The van der Waals surface area contributed by atoms with Crippen molar-refractivity contribution in [1.82, 2.24) is 0 Å². The highest BCUT2D eigenvalue weighted by molar-refractivity contribution is 5.85. The summed E-state index contributed by atoms with van der Waals surface area (Å²) in [5.74, 6) is 0.148. The number of hydrogen-bond donors (Lipinski definition) is 1. The van der Waals surface area contributed by atoms with Crippen LogP contribution in [-0.2, 0) is 0 Å². The van der Waals surface area contributed by atoms with Crippen LogP contribution in [0.5, 0.6) is 0 Å². The van der Waals surface area contributed by atoms with Crippen LogP contribution in [0.4, 0.5) is 0 Å². The van der Waals surface area contributed by atoms with Gasteiger partial charge in [0.25, 0.3) is 0 Å². The van der Waals surface area contributed by atoms with Gasteiger partial charge >= 0.3 is 0 Å². The lowest BCUT2D eigenvalue weighted by Gasteiger charge is -2.02. The van der Waals surface area contributed by atoms with Crippen LogP contribution in [0.15, 0.2) is 0 Å². The van der Waals surface area contributed by atoms with Gasteiger partial charge in [0.15, 0.2) is 0 Å². The van der Waals surface area contributed by atoms with E-state index in [0.29, 0.717) is 0 Å². The molecule has 0 aromatic rings. The van der Waals surface area contributed by atoms with Gasteiger partial charge < -0.3 is 5.73 Å². The average molecular weight is 147 g/mol. The zero-order valence-corrected chi connectivity index (χ0v) is 6.03. The lowest BCUT2D eigenvalue weighted by atomic mass is 10.1. The average Bonchev–Trinajstić information content (AvgIpc) is 2.14. The molecule has 1 saturated carbocycles. The molecule has 1 aliphatic rings. The van der Waals surface area contributed by atoms with Crippen molar-refractivity contribution in [3.8, 4) is 6.07 Å². The van der Waals surface area contributed by atoms with Gasteiger partial charge in [-0.2, -0.15) is 5.26 Å². The summed E-state index contributed by atoms with van der Waals surface area (Å²) >= 11 is 0. The quantitative estimate of drug-likeness (QED) is 0.556. The highest BCUT2D eigenvalue weighted by atomic mass is 35.5. The fourth-order valence-electron chi connectivity index (χ4n) is 1.15. The molecule has 0 unspecified atom stereocenters. The molecule has 1 fully saturated rings. The Bertz CT molecular complexity index is 119. The molecule has 1 rings (SSSR count). The van der Waals surface area contributed by atoms with E-state index in [0.717, 1.165) is 19.3 Å². The molecule has 2 nitrogen and oxygen atoms in total. The van der Waals surface area contributed by atoms with Crippen molar-refractivity contribution in [2.24, 2.45) is 11.7 Å². The number of hydrogen-bond acceptors (Lipinski definition) is 2. The third-order valence-electron chi connectivity index (χ3n) is 1.74. The number of nitrogens with zero attached hydrogens (tertiary/aromatic N) is 1. The lowest BCUT2D eigenvalue weighted by molar-refractivity contribution is 0.593. The fraction of sp³-hybridized carbons (Fsp3) is 0.833. The molecule has 52 valence electrons. The smallest absolute Gasteiger partial charge is 0.0672 e. The second kappa shape index (κ2) is 3.71. The summed E-state index contributed by atoms with van der Waals surface area (Å²) in [4.78, 5) is 0. The first kappa shape index (κ1) is 8.74. The van der Waals surface area contributed by atoms with Crippen LogP contribution in [0.2, 0.25) is 0 Å². The molecule has 2 atom stereocenters. The monoisotopic (exact) mass is 146 g/mol. The molecule has 0 spiro atoms. The molecule has 0 aliphatic heterocycles. The van der Waals surface area contributed by atoms with Gasteiger partial charge in [-0.05, 0) is 12.8 Å². The third-order valence-corrected chi connectivity index (χ3v) is 1.74. The summed E-state index contributed by atoms with van der Waals surface area (Å²) in [6.45, 7) is 0. The molecular weight excluding hydrogens is 136 g/mol. The summed E-state index contributed by atoms with van der Waals surface area (Å²) < 4.78 is 0. The molecule has 0 heterocycles. The Balaban J connectivity index is 0.000000640. The van der Waals surface area contributed by atoms with Crippen LogP contribution < -0.4 is 5.73 Å². The molecule has 9 heavy (non-hydrogen) atoms. The summed E-state index contributed by atoms with van der Waals surface area (Å²) in [5.41, 5.74) is 5.57. The number of halogens is 1. The Morgan fingerprint density at radius 2 is 2.11 bits per heavy atom. The van der Waals surface area contributed by atoms with E-state index < -0.39 is 0 Å². The highest BCUT2D eigenvalue weighted by Gasteiger charge is 2.22. The van der Waals surface area contributed by atoms with Crippen molar-refractivity contribution in [1.29, 1.82) is 5.26 Å². The van der Waals surface area contributed by atoms with Gasteiger partial charge in [0.05, 0.1) is 12.0 Å². The van der Waals surface area contributed by atoms with Crippen molar-refractivity contribution in [2.45, 2.75) is 25.3 Å². The molecule has 0 aromatic carbocycles. The Morgan fingerprint density at radius 3 is 2.33 bits per heavy atom. The minimum atomic E-state index is 0. The van der Waals surface area contributed by atoms with E-state index in [1.54, 1.807) is 0 Å². The maximum Gasteiger partial charge on any atom is 0.0672 e. The Kier molecular flexibility index (Phi) is 3.60. The predicted molar refractivity (Wildman–Crippen MR) is 38.2 cm³/mol.